The molecule has 16 aromatic rings. The van der Waals surface area contributed by atoms with Crippen molar-refractivity contribution in [3.8, 4) is 34.5 Å². The molecular weight excluding hydrogens is 915 g/mol. The predicted molar refractivity (Wildman–Crippen MR) is 309 cm³/mol. The molecule has 0 bridgehead atoms. The lowest BCUT2D eigenvalue weighted by atomic mass is 10.0. The van der Waals surface area contributed by atoms with Gasteiger partial charge in [-0.3, -0.25) is 0 Å². The zero-order valence-corrected chi connectivity index (χ0v) is 40.1. The molecule has 0 N–H and O–H groups in total. The first kappa shape index (κ1) is 41.1. The zero-order valence-electron chi connectivity index (χ0n) is 40.1. The van der Waals surface area contributed by atoms with Crippen LogP contribution in [-0.2, 0) is 0 Å². The fourth-order valence-electron chi connectivity index (χ4n) is 12.8. The number of para-hydroxylation sites is 9. The molecule has 7 nitrogen and oxygen atoms in total. The lowest BCUT2D eigenvalue weighted by Gasteiger charge is -2.27. The highest BCUT2D eigenvalue weighted by molar-refractivity contribution is 6.27. The van der Waals surface area contributed by atoms with E-state index in [-0.39, 0.29) is 0 Å². The van der Waals surface area contributed by atoms with Gasteiger partial charge in [0.05, 0.1) is 90.1 Å². The Bertz CT molecular complexity index is 5060. The van der Waals surface area contributed by atoms with Crippen molar-refractivity contribution in [1.29, 1.82) is 5.26 Å². The van der Waals surface area contributed by atoms with E-state index in [1.807, 2.05) is 12.1 Å². The minimum absolute atomic E-state index is 0.359. The molecule has 75 heavy (non-hydrogen) atoms. The first-order valence-corrected chi connectivity index (χ1v) is 25.2. The normalized spacial score (nSPS) is 12.0. The average molecular weight is 954 g/mol. The van der Waals surface area contributed by atoms with Gasteiger partial charge in [-0.05, 0) is 66.7 Å². The maximum atomic E-state index is 12.6. The van der Waals surface area contributed by atoms with Crippen LogP contribution >= 0.6 is 0 Å². The number of fused-ring (bicyclic) bond motifs is 16. The third-order valence-electron chi connectivity index (χ3n) is 15.7. The molecule has 0 amide bonds. The third kappa shape index (κ3) is 5.40. The summed E-state index contributed by atoms with van der Waals surface area (Å²) < 4.78 is 11.6. The molecule has 7 heteroatoms. The summed E-state index contributed by atoms with van der Waals surface area (Å²) >= 11 is 0. The van der Waals surface area contributed by atoms with Crippen molar-refractivity contribution < 1.29 is 0 Å². The molecule has 346 valence electrons. The molecule has 0 saturated heterocycles. The first-order valence-electron chi connectivity index (χ1n) is 25.2. The summed E-state index contributed by atoms with van der Waals surface area (Å²) in [7, 11) is 0. The summed E-state index contributed by atoms with van der Waals surface area (Å²) in [4.78, 5) is 4.74. The van der Waals surface area contributed by atoms with Crippen LogP contribution in [0.25, 0.3) is 142 Å². The Morgan fingerprint density at radius 1 is 0.293 bits per heavy atom. The van der Waals surface area contributed by atoms with Gasteiger partial charge in [0, 0.05) is 59.5 Å². The van der Waals surface area contributed by atoms with Gasteiger partial charge in [0.2, 0.25) is 5.69 Å². The summed E-state index contributed by atoms with van der Waals surface area (Å²) in [5.74, 6) is 0. The predicted octanol–water partition coefficient (Wildman–Crippen LogP) is 17.6. The molecule has 0 saturated carbocycles. The van der Waals surface area contributed by atoms with E-state index in [9.17, 15) is 11.8 Å². The third-order valence-corrected chi connectivity index (χ3v) is 15.7. The van der Waals surface area contributed by atoms with Crippen molar-refractivity contribution >= 4 is 115 Å². The van der Waals surface area contributed by atoms with Gasteiger partial charge in [-0.25, -0.2) is 4.85 Å². The van der Waals surface area contributed by atoms with Crippen molar-refractivity contribution in [2.45, 2.75) is 0 Å². The van der Waals surface area contributed by atoms with E-state index in [2.05, 4.69) is 253 Å². The number of aromatic nitrogens is 5. The van der Waals surface area contributed by atoms with Crippen LogP contribution < -0.4 is 0 Å². The number of nitriles is 1. The Morgan fingerprint density at radius 2 is 0.627 bits per heavy atom. The quantitative estimate of drug-likeness (QED) is 0.159. The maximum absolute atomic E-state index is 12.6. The van der Waals surface area contributed by atoms with Crippen LogP contribution in [0.5, 0.6) is 0 Å². The summed E-state index contributed by atoms with van der Waals surface area (Å²) in [6, 6.07) is 86.1. The number of hydrogen-bond acceptors (Lipinski definition) is 1. The van der Waals surface area contributed by atoms with Crippen LogP contribution in [0.1, 0.15) is 5.56 Å². The standard InChI is InChI=1S/C68H39N7/c1-70-63-65(72-54-32-14-5-23-43(54)44-24-6-15-33-55(44)72)52(41-69)66(75-60-38-20-12-30-51(60)62-61(75)40-39-50-49-29-11-13-31-53(49)71(64(50)62)42-21-3-2-4-22-42)68(74-58-36-18-9-27-47(58)48-28-10-19-37-59(48)74)67(63)73-56-34-16-7-25-45(56)46-26-8-17-35-57(46)73/h2-40H. The van der Waals surface area contributed by atoms with E-state index in [1.54, 1.807) is 0 Å². The Labute approximate surface area is 428 Å². The van der Waals surface area contributed by atoms with E-state index in [1.165, 1.54) is 0 Å². The molecule has 0 aliphatic rings. The maximum Gasteiger partial charge on any atom is 0.237 e. The molecule has 0 atom stereocenters. The van der Waals surface area contributed by atoms with Crippen LogP contribution in [0.4, 0.5) is 5.69 Å². The summed E-state index contributed by atoms with van der Waals surface area (Å²) in [6.45, 7) is 9.71. The molecule has 0 aliphatic carbocycles. The van der Waals surface area contributed by atoms with E-state index in [0.717, 1.165) is 120 Å². The van der Waals surface area contributed by atoms with Gasteiger partial charge in [-0.2, -0.15) is 5.26 Å². The topological polar surface area (TPSA) is 52.8 Å². The van der Waals surface area contributed by atoms with Crippen molar-refractivity contribution in [2.75, 3.05) is 0 Å². The van der Waals surface area contributed by atoms with Gasteiger partial charge in [0.1, 0.15) is 6.07 Å². The molecule has 16 rings (SSSR count). The van der Waals surface area contributed by atoms with Gasteiger partial charge >= 0.3 is 0 Å². The van der Waals surface area contributed by atoms with Gasteiger partial charge < -0.3 is 22.8 Å². The number of hydrogen-bond donors (Lipinski definition) is 0. The monoisotopic (exact) mass is 953 g/mol. The van der Waals surface area contributed by atoms with Crippen molar-refractivity contribution in [3.05, 3.63) is 254 Å². The molecule has 0 aliphatic heterocycles. The largest absolute Gasteiger partial charge is 0.318 e. The van der Waals surface area contributed by atoms with Crippen LogP contribution in [0.15, 0.2) is 237 Å². The fourth-order valence-corrected chi connectivity index (χ4v) is 12.8. The molecular formula is C68H39N7. The van der Waals surface area contributed by atoms with Crippen LogP contribution in [0.2, 0.25) is 0 Å². The average Bonchev–Trinajstić information content (AvgIpc) is 4.27. The summed E-state index contributed by atoms with van der Waals surface area (Å²) in [5, 5.41) is 23.3. The lowest BCUT2D eigenvalue weighted by Crippen LogP contribution is -2.14. The van der Waals surface area contributed by atoms with E-state index in [0.29, 0.717) is 28.3 Å². The van der Waals surface area contributed by atoms with Crippen LogP contribution in [-0.4, -0.2) is 22.8 Å². The number of rotatable bonds is 5. The van der Waals surface area contributed by atoms with Crippen molar-refractivity contribution in [2.24, 2.45) is 0 Å². The Morgan fingerprint density at radius 3 is 1.05 bits per heavy atom. The Kier molecular flexibility index (Phi) is 8.46. The Balaban J connectivity index is 1.23. The zero-order chi connectivity index (χ0) is 49.5. The van der Waals surface area contributed by atoms with Crippen LogP contribution in [0, 0.1) is 17.9 Å². The van der Waals surface area contributed by atoms with Gasteiger partial charge in [0.15, 0.2) is 0 Å². The second kappa shape index (κ2) is 15.5. The highest BCUT2D eigenvalue weighted by Gasteiger charge is 2.35. The van der Waals surface area contributed by atoms with Gasteiger partial charge in [-0.15, -0.1) is 0 Å². The molecule has 0 fully saturated rings. The smallest absolute Gasteiger partial charge is 0.237 e. The second-order valence-corrected chi connectivity index (χ2v) is 19.3. The molecule has 5 aromatic heterocycles. The molecule has 11 aromatic carbocycles. The minimum Gasteiger partial charge on any atom is -0.318 e. The second-order valence-electron chi connectivity index (χ2n) is 19.3. The highest BCUT2D eigenvalue weighted by Crippen LogP contribution is 2.52. The molecule has 5 heterocycles. The number of nitrogens with zero attached hydrogens (tertiary/aromatic N) is 7. The van der Waals surface area contributed by atoms with Crippen molar-refractivity contribution in [1.82, 2.24) is 22.8 Å². The first-order chi connectivity index (χ1) is 37.2. The number of benzene rings is 11. The molecule has 0 spiro atoms. The van der Waals surface area contributed by atoms with E-state index in [4.69, 9.17) is 4.85 Å². The summed E-state index contributed by atoms with van der Waals surface area (Å²) in [6.07, 6.45) is 0. The van der Waals surface area contributed by atoms with Gasteiger partial charge in [-0.1, -0.05) is 170 Å². The highest BCUT2D eigenvalue weighted by atomic mass is 15.1. The SMILES string of the molecule is [C-]#[N+]c1c(-n2c3ccccc3c3ccccc32)c(C#N)c(-n2c3ccccc3c3c2ccc2c4ccccc4n(-c4ccccc4)c23)c(-n2c3ccccc3c3ccccc32)c1-n1c2ccccc2c2ccccc21. The van der Waals surface area contributed by atoms with Crippen molar-refractivity contribution in [3.63, 3.8) is 0 Å². The molecule has 0 unspecified atom stereocenters. The minimum atomic E-state index is 0.359. The lowest BCUT2D eigenvalue weighted by molar-refractivity contribution is 1.03. The summed E-state index contributed by atoms with van der Waals surface area (Å²) in [5.41, 5.74) is 14.0. The fraction of sp³-hybridized carbons (Fsp3) is 0. The van der Waals surface area contributed by atoms with Crippen LogP contribution in [0.3, 0.4) is 0 Å². The van der Waals surface area contributed by atoms with E-state index < -0.39 is 0 Å². The van der Waals surface area contributed by atoms with E-state index >= 15 is 0 Å². The van der Waals surface area contributed by atoms with Gasteiger partial charge in [0.25, 0.3) is 0 Å². The molecule has 0 radical (unpaired) electrons. The Hall–Kier alpha value is -10.6.